The van der Waals surface area contributed by atoms with Crippen molar-refractivity contribution in [3.05, 3.63) is 70.3 Å². The molecule has 10 nitrogen and oxygen atoms in total. The highest BCUT2D eigenvalue weighted by molar-refractivity contribution is 7.92. The van der Waals surface area contributed by atoms with Crippen molar-refractivity contribution in [3.8, 4) is 5.75 Å². The molecule has 1 spiro atoms. The van der Waals surface area contributed by atoms with Gasteiger partial charge in [-0.25, -0.2) is 4.21 Å². The molecule has 0 radical (unpaired) electrons. The number of hydrogen-bond acceptors (Lipinski definition) is 8. The van der Waals surface area contributed by atoms with Gasteiger partial charge in [-0.05, 0) is 118 Å². The van der Waals surface area contributed by atoms with Gasteiger partial charge >= 0.3 is 0 Å². The Bertz CT molecular complexity index is 1820. The summed E-state index contributed by atoms with van der Waals surface area (Å²) in [5, 5.41) is 0.741. The second-order valence-corrected chi connectivity index (χ2v) is 18.3. The molecule has 12 heteroatoms. The van der Waals surface area contributed by atoms with Gasteiger partial charge in [-0.2, -0.15) is 0 Å². The largest absolute Gasteiger partial charge is 0.490 e. The number of aryl methyl sites for hydroxylation is 1. The maximum atomic E-state index is 14.5. The van der Waals surface area contributed by atoms with Crippen molar-refractivity contribution < 1.29 is 32.7 Å². The highest BCUT2D eigenvalue weighted by atomic mass is 35.5. The molecule has 3 aliphatic heterocycles. The van der Waals surface area contributed by atoms with Crippen molar-refractivity contribution >= 4 is 39.0 Å². The number of nitrogens with one attached hydrogen (secondary N) is 1. The maximum absolute atomic E-state index is 14.5. The lowest BCUT2D eigenvalue weighted by Gasteiger charge is -2.46. The molecule has 2 aromatic rings. The third-order valence-corrected chi connectivity index (χ3v) is 14.2. The van der Waals surface area contributed by atoms with Crippen LogP contribution in [0.3, 0.4) is 0 Å². The Labute approximate surface area is 313 Å². The number of carbonyl (C=O) groups excluding carboxylic acids is 2. The minimum atomic E-state index is -3.51. The molecular weight excluding hydrogens is 702 g/mol. The molecule has 3 heterocycles. The average molecular weight is 754 g/mol. The first-order valence-corrected chi connectivity index (χ1v) is 20.8. The lowest BCUT2D eigenvalue weighted by molar-refractivity contribution is -0.138. The van der Waals surface area contributed by atoms with E-state index in [0.29, 0.717) is 62.2 Å². The van der Waals surface area contributed by atoms with E-state index >= 15 is 0 Å². The van der Waals surface area contributed by atoms with Crippen LogP contribution in [0.5, 0.6) is 5.75 Å². The average Bonchev–Trinajstić information content (AvgIpc) is 3.25. The van der Waals surface area contributed by atoms with Gasteiger partial charge in [0.1, 0.15) is 22.3 Å². The summed E-state index contributed by atoms with van der Waals surface area (Å²) in [4.78, 5) is 29.6. The molecule has 6 atom stereocenters. The van der Waals surface area contributed by atoms with Crippen LogP contribution >= 0.6 is 11.6 Å². The fourth-order valence-corrected chi connectivity index (χ4v) is 10.9. The van der Waals surface area contributed by atoms with Gasteiger partial charge < -0.3 is 23.8 Å². The van der Waals surface area contributed by atoms with Crippen LogP contribution in [0.15, 0.2) is 52.9 Å². The predicted octanol–water partition coefficient (Wildman–Crippen LogP) is 6.68. The smallest absolute Gasteiger partial charge is 0.286 e. The molecule has 1 N–H and O–H groups in total. The first kappa shape index (κ1) is 37.4. The Kier molecular flexibility index (Phi) is 11.1. The third kappa shape index (κ3) is 8.09. The molecule has 52 heavy (non-hydrogen) atoms. The van der Waals surface area contributed by atoms with E-state index in [1.165, 1.54) is 11.1 Å². The number of methoxy groups -OCH3 is 1. The van der Waals surface area contributed by atoms with E-state index in [2.05, 4.69) is 38.3 Å². The second kappa shape index (κ2) is 15.4. The van der Waals surface area contributed by atoms with Gasteiger partial charge in [0.25, 0.3) is 11.8 Å². The highest BCUT2D eigenvalue weighted by Gasteiger charge is 2.44. The minimum Gasteiger partial charge on any atom is -0.490 e. The van der Waals surface area contributed by atoms with Gasteiger partial charge in [-0.1, -0.05) is 36.7 Å². The Morgan fingerprint density at radius 1 is 1.15 bits per heavy atom. The number of amides is 2. The van der Waals surface area contributed by atoms with Gasteiger partial charge in [0.15, 0.2) is 0 Å². The number of hydrogen-bond donors (Lipinski definition) is 1. The SMILES string of the molecule is CO[C@H]1/C=C\C[C@H](C)CS(=O)(NC(=O)COC2(C)CCOCC2)=NC(=O)c2ccc3c(c2)N(C[C@@H]2CC[C@H]21)C[C@@]1(CCCc2cc(Cl)ccc21)CO3. The molecule has 0 aromatic heterocycles. The summed E-state index contributed by atoms with van der Waals surface area (Å²) in [6.07, 6.45) is 11.2. The number of carbonyl (C=O) groups is 2. The van der Waals surface area contributed by atoms with Crippen LogP contribution in [0.1, 0.15) is 80.3 Å². The summed E-state index contributed by atoms with van der Waals surface area (Å²) in [7, 11) is -1.75. The molecule has 2 aromatic carbocycles. The fraction of sp³-hybridized carbons (Fsp3) is 0.600. The number of fused-ring (bicyclic) bond motifs is 4. The van der Waals surface area contributed by atoms with Crippen molar-refractivity contribution in [2.75, 3.05) is 57.3 Å². The summed E-state index contributed by atoms with van der Waals surface area (Å²) in [6, 6.07) is 11.6. The van der Waals surface area contributed by atoms with Gasteiger partial charge in [-0.3, -0.25) is 14.3 Å². The van der Waals surface area contributed by atoms with Gasteiger partial charge in [0.2, 0.25) is 0 Å². The van der Waals surface area contributed by atoms with Crippen LogP contribution in [0.25, 0.3) is 0 Å². The molecule has 1 saturated heterocycles. The van der Waals surface area contributed by atoms with Crippen molar-refractivity contribution in [1.82, 2.24) is 4.72 Å². The molecule has 7 rings (SSSR count). The fourth-order valence-electron chi connectivity index (χ4n) is 8.76. The Balaban J connectivity index is 1.24. The summed E-state index contributed by atoms with van der Waals surface area (Å²) in [5.41, 5.74) is 2.89. The first-order valence-electron chi connectivity index (χ1n) is 18.8. The molecule has 5 aliphatic rings. The van der Waals surface area contributed by atoms with Crippen molar-refractivity contribution in [3.63, 3.8) is 0 Å². The topological polar surface area (TPSA) is 116 Å². The van der Waals surface area contributed by atoms with Crippen LogP contribution in [-0.4, -0.2) is 80.1 Å². The van der Waals surface area contributed by atoms with E-state index in [1.807, 2.05) is 32.0 Å². The Hall–Kier alpha value is -2.96. The van der Waals surface area contributed by atoms with Crippen LogP contribution in [0, 0.1) is 17.8 Å². The van der Waals surface area contributed by atoms with Crippen LogP contribution < -0.4 is 14.4 Å². The number of benzene rings is 2. The predicted molar refractivity (Wildman–Crippen MR) is 202 cm³/mol. The molecule has 1 unspecified atom stereocenters. The first-order chi connectivity index (χ1) is 25.0. The van der Waals surface area contributed by atoms with Crippen LogP contribution in [0.2, 0.25) is 5.02 Å². The summed E-state index contributed by atoms with van der Waals surface area (Å²) < 4.78 is 45.6. The quantitative estimate of drug-likeness (QED) is 0.337. The lowest BCUT2D eigenvalue weighted by atomic mass is 9.68. The monoisotopic (exact) mass is 753 g/mol. The van der Waals surface area contributed by atoms with Crippen LogP contribution in [-0.2, 0) is 40.8 Å². The zero-order chi connectivity index (χ0) is 36.5. The highest BCUT2D eigenvalue weighted by Crippen LogP contribution is 2.47. The third-order valence-electron chi connectivity index (χ3n) is 11.9. The van der Waals surface area contributed by atoms with Gasteiger partial charge in [-0.15, -0.1) is 4.36 Å². The van der Waals surface area contributed by atoms with Crippen molar-refractivity contribution in [2.24, 2.45) is 22.1 Å². The van der Waals surface area contributed by atoms with E-state index in [-0.39, 0.29) is 29.8 Å². The van der Waals surface area contributed by atoms with Gasteiger partial charge in [0, 0.05) is 49.4 Å². The normalized spacial score (nSPS) is 32.2. The van der Waals surface area contributed by atoms with E-state index in [9.17, 15) is 13.8 Å². The van der Waals surface area contributed by atoms with Crippen molar-refractivity contribution in [1.29, 1.82) is 0 Å². The minimum absolute atomic E-state index is 0.00968. The summed E-state index contributed by atoms with van der Waals surface area (Å²) in [6.45, 7) is 6.74. The molecule has 2 bridgehead atoms. The maximum Gasteiger partial charge on any atom is 0.286 e. The molecule has 2 amide bonds. The standard InChI is InChI=1S/C40H52ClN3O7S/c1-27-6-4-8-35(48-3)32-12-9-30(32)22-44-25-40(15-5-7-28-20-31(41)11-13-33(28)40)26-50-36-14-10-29(21-34(36)44)38(46)43-52(47,24-27)42-37(45)23-51-39(2)16-18-49-19-17-39/h4,8,10-11,13-14,20-21,27,30,32,35H,5-7,9,12,15-19,22-26H2,1-3H3,(H,42,43,45,46,47)/b8-4-/t27-,30-,32+,35-,40-,52?/m0/s1. The number of allylic oxidation sites excluding steroid dienone is 1. The number of nitrogens with zero attached hydrogens (tertiary/aromatic N) is 2. The molecule has 1 saturated carbocycles. The zero-order valence-corrected chi connectivity index (χ0v) is 32.1. The van der Waals surface area contributed by atoms with Crippen LogP contribution in [0.4, 0.5) is 5.69 Å². The Morgan fingerprint density at radius 2 is 1.98 bits per heavy atom. The van der Waals surface area contributed by atoms with E-state index in [1.54, 1.807) is 13.2 Å². The molecular formula is C40H52ClN3O7S. The van der Waals surface area contributed by atoms with Gasteiger partial charge in [0.05, 0.1) is 29.8 Å². The van der Waals surface area contributed by atoms with E-state index < -0.39 is 27.3 Å². The summed E-state index contributed by atoms with van der Waals surface area (Å²) in [5.74, 6) is 0.0933. The van der Waals surface area contributed by atoms with E-state index in [4.69, 9.17) is 30.5 Å². The number of halogens is 1. The number of rotatable bonds is 5. The second-order valence-electron chi connectivity index (χ2n) is 15.8. The molecule has 2 aliphatic carbocycles. The molecule has 2 fully saturated rings. The molecule has 282 valence electrons. The van der Waals surface area contributed by atoms with Crippen molar-refractivity contribution in [2.45, 2.75) is 82.3 Å². The summed E-state index contributed by atoms with van der Waals surface area (Å²) >= 11 is 6.46. The zero-order valence-electron chi connectivity index (χ0n) is 30.6. The Morgan fingerprint density at radius 3 is 2.75 bits per heavy atom. The lowest BCUT2D eigenvalue weighted by Crippen LogP contribution is -2.49. The van der Waals surface area contributed by atoms with E-state index in [0.717, 1.165) is 55.9 Å². The number of ether oxygens (including phenoxy) is 4. The number of anilines is 1.